The van der Waals surface area contributed by atoms with Crippen LogP contribution in [0, 0.1) is 25.7 Å². The van der Waals surface area contributed by atoms with Crippen molar-refractivity contribution in [2.45, 2.75) is 58.5 Å². The smallest absolute Gasteiger partial charge is 0.275 e. The van der Waals surface area contributed by atoms with E-state index in [4.69, 9.17) is 4.42 Å². The number of anilines is 3. The Bertz CT molecular complexity index is 962. The summed E-state index contributed by atoms with van der Waals surface area (Å²) in [7, 11) is -3.67. The minimum absolute atomic E-state index is 0.0842. The second-order valence-corrected chi connectivity index (χ2v) is 9.76. The molecule has 178 valence electrons. The number of sulfonamides is 1. The summed E-state index contributed by atoms with van der Waals surface area (Å²) in [5.41, 5.74) is 0.387. The highest BCUT2D eigenvalue weighted by Crippen LogP contribution is 2.29. The van der Waals surface area contributed by atoms with Crippen LogP contribution in [0.25, 0.3) is 0 Å². The van der Waals surface area contributed by atoms with Gasteiger partial charge in [-0.05, 0) is 58.3 Å². The summed E-state index contributed by atoms with van der Waals surface area (Å²) in [5.74, 6) is 2.80. The zero-order valence-electron chi connectivity index (χ0n) is 19.2. The molecule has 32 heavy (non-hydrogen) atoms. The summed E-state index contributed by atoms with van der Waals surface area (Å²) in [6.45, 7) is 9.92. The van der Waals surface area contributed by atoms with Crippen LogP contribution in [-0.2, 0) is 10.0 Å². The molecule has 0 amide bonds. The molecule has 3 rings (SSSR count). The van der Waals surface area contributed by atoms with Gasteiger partial charge in [-0.1, -0.05) is 0 Å². The third-order valence-corrected chi connectivity index (χ3v) is 6.90. The molecule has 0 spiro atoms. The number of rotatable bonds is 11. The molecule has 1 saturated carbocycles. The first-order valence-electron chi connectivity index (χ1n) is 11.2. The Morgan fingerprint density at radius 3 is 1.78 bits per heavy atom. The standard InChI is InChI=1S/C20H34N8O3S/c1-5-21-18-26-19(22-6-2)28-20(27-18)23-11-15-7-9-16(10-8-15)12-24-32(29,30)17-13(3)25-14(4)31-17/h15-16,24H,5-12H2,1-4H3,(H3,21,22,23,26,27,28). The third kappa shape index (κ3) is 6.52. The number of nitrogens with one attached hydrogen (secondary N) is 4. The van der Waals surface area contributed by atoms with E-state index in [1.165, 1.54) is 0 Å². The summed E-state index contributed by atoms with van der Waals surface area (Å²) in [4.78, 5) is 17.2. The Labute approximate surface area is 189 Å². The summed E-state index contributed by atoms with van der Waals surface area (Å²) in [6, 6.07) is 0. The van der Waals surface area contributed by atoms with Crippen LogP contribution in [-0.4, -0.2) is 54.5 Å². The highest BCUT2D eigenvalue weighted by molar-refractivity contribution is 7.89. The first-order chi connectivity index (χ1) is 15.3. The van der Waals surface area contributed by atoms with Crippen LogP contribution < -0.4 is 20.7 Å². The Morgan fingerprint density at radius 1 is 0.812 bits per heavy atom. The maximum absolute atomic E-state index is 12.5. The zero-order chi connectivity index (χ0) is 23.1. The normalized spacial score (nSPS) is 19.0. The number of nitrogens with zero attached hydrogens (tertiary/aromatic N) is 4. The highest BCUT2D eigenvalue weighted by Gasteiger charge is 2.26. The van der Waals surface area contributed by atoms with Crippen LogP contribution in [0.2, 0.25) is 0 Å². The van der Waals surface area contributed by atoms with Crippen molar-refractivity contribution in [3.8, 4) is 0 Å². The predicted molar refractivity (Wildman–Crippen MR) is 123 cm³/mol. The van der Waals surface area contributed by atoms with Gasteiger partial charge in [-0.3, -0.25) is 0 Å². The lowest BCUT2D eigenvalue weighted by Crippen LogP contribution is -2.32. The largest absolute Gasteiger partial charge is 0.428 e. The molecule has 11 nitrogen and oxygen atoms in total. The lowest BCUT2D eigenvalue weighted by Gasteiger charge is -2.28. The molecular weight excluding hydrogens is 432 g/mol. The Kier molecular flexibility index (Phi) is 8.24. The van der Waals surface area contributed by atoms with E-state index in [0.29, 0.717) is 47.8 Å². The molecule has 12 heteroatoms. The van der Waals surface area contributed by atoms with Gasteiger partial charge in [0.1, 0.15) is 0 Å². The first-order valence-corrected chi connectivity index (χ1v) is 12.7. The third-order valence-electron chi connectivity index (χ3n) is 5.49. The average Bonchev–Trinajstić information content (AvgIpc) is 3.11. The van der Waals surface area contributed by atoms with Crippen molar-refractivity contribution >= 4 is 27.9 Å². The van der Waals surface area contributed by atoms with E-state index in [1.54, 1.807) is 13.8 Å². The van der Waals surface area contributed by atoms with Gasteiger partial charge >= 0.3 is 0 Å². The molecule has 2 aromatic heterocycles. The molecule has 2 aromatic rings. The second kappa shape index (κ2) is 10.9. The Balaban J connectivity index is 1.46. The Hall–Kier alpha value is -2.47. The lowest BCUT2D eigenvalue weighted by molar-refractivity contribution is 0.283. The molecule has 0 unspecified atom stereocenters. The van der Waals surface area contributed by atoms with Gasteiger partial charge in [0.05, 0.1) is 5.69 Å². The van der Waals surface area contributed by atoms with Gasteiger partial charge in [0, 0.05) is 33.1 Å². The molecule has 1 aliphatic rings. The van der Waals surface area contributed by atoms with Crippen molar-refractivity contribution in [1.82, 2.24) is 24.7 Å². The second-order valence-electron chi connectivity index (χ2n) is 8.09. The quantitative estimate of drug-likeness (QED) is 0.389. The summed E-state index contributed by atoms with van der Waals surface area (Å²) >= 11 is 0. The molecule has 1 aliphatic carbocycles. The van der Waals surface area contributed by atoms with Gasteiger partial charge in [-0.15, -0.1) is 0 Å². The van der Waals surface area contributed by atoms with E-state index in [2.05, 4.69) is 40.6 Å². The van der Waals surface area contributed by atoms with Gasteiger partial charge in [0.25, 0.3) is 15.1 Å². The van der Waals surface area contributed by atoms with Crippen molar-refractivity contribution < 1.29 is 12.8 Å². The fraction of sp³-hybridized carbons (Fsp3) is 0.700. The first kappa shape index (κ1) is 24.2. The monoisotopic (exact) mass is 466 g/mol. The maximum Gasteiger partial charge on any atom is 0.275 e. The summed E-state index contributed by atoms with van der Waals surface area (Å²) in [6.07, 6.45) is 3.97. The van der Waals surface area contributed by atoms with Crippen molar-refractivity contribution in [2.75, 3.05) is 42.1 Å². The molecule has 1 fully saturated rings. The van der Waals surface area contributed by atoms with Crippen LogP contribution in [0.3, 0.4) is 0 Å². The highest BCUT2D eigenvalue weighted by atomic mass is 32.2. The molecule has 4 N–H and O–H groups in total. The molecule has 0 radical (unpaired) electrons. The van der Waals surface area contributed by atoms with Crippen molar-refractivity contribution in [2.24, 2.45) is 11.8 Å². The van der Waals surface area contributed by atoms with Crippen LogP contribution in [0.4, 0.5) is 17.8 Å². The maximum atomic E-state index is 12.5. The van der Waals surface area contributed by atoms with E-state index in [0.717, 1.165) is 45.3 Å². The fourth-order valence-corrected chi connectivity index (χ4v) is 5.11. The number of hydrogen-bond donors (Lipinski definition) is 4. The lowest BCUT2D eigenvalue weighted by atomic mass is 9.82. The molecule has 0 aromatic carbocycles. The van der Waals surface area contributed by atoms with Gasteiger partial charge in [0.2, 0.25) is 17.8 Å². The Morgan fingerprint density at radius 2 is 1.31 bits per heavy atom. The minimum atomic E-state index is -3.67. The molecule has 0 bridgehead atoms. The predicted octanol–water partition coefficient (Wildman–Crippen LogP) is 2.54. The SMILES string of the molecule is CCNc1nc(NCC)nc(NCC2CCC(CNS(=O)(=O)c3oc(C)nc3C)CC2)n1. The van der Waals surface area contributed by atoms with Crippen molar-refractivity contribution in [1.29, 1.82) is 0 Å². The average molecular weight is 467 g/mol. The van der Waals surface area contributed by atoms with E-state index in [9.17, 15) is 8.42 Å². The van der Waals surface area contributed by atoms with Crippen LogP contribution in [0.15, 0.2) is 9.51 Å². The number of aryl methyl sites for hydroxylation is 2. The van der Waals surface area contributed by atoms with Gasteiger partial charge in [0.15, 0.2) is 5.89 Å². The van der Waals surface area contributed by atoms with Crippen LogP contribution >= 0.6 is 0 Å². The van der Waals surface area contributed by atoms with E-state index in [1.807, 2.05) is 13.8 Å². The fourth-order valence-electron chi connectivity index (χ4n) is 3.86. The van der Waals surface area contributed by atoms with Crippen LogP contribution in [0.1, 0.15) is 51.1 Å². The van der Waals surface area contributed by atoms with Gasteiger partial charge in [-0.25, -0.2) is 18.1 Å². The summed E-state index contributed by atoms with van der Waals surface area (Å²) in [5, 5.41) is 9.50. The van der Waals surface area contributed by atoms with Gasteiger partial charge < -0.3 is 20.4 Å². The number of hydrogen-bond acceptors (Lipinski definition) is 10. The molecular formula is C20H34N8O3S. The number of oxazole rings is 1. The molecule has 0 aliphatic heterocycles. The molecule has 0 atom stereocenters. The topological polar surface area (TPSA) is 147 Å². The minimum Gasteiger partial charge on any atom is -0.428 e. The summed E-state index contributed by atoms with van der Waals surface area (Å²) < 4.78 is 32.9. The molecule has 0 saturated heterocycles. The van der Waals surface area contributed by atoms with E-state index < -0.39 is 10.0 Å². The van der Waals surface area contributed by atoms with Crippen LogP contribution in [0.5, 0.6) is 0 Å². The zero-order valence-corrected chi connectivity index (χ0v) is 20.0. The van der Waals surface area contributed by atoms with Crippen molar-refractivity contribution in [3.63, 3.8) is 0 Å². The number of aromatic nitrogens is 4. The van der Waals surface area contributed by atoms with Crippen molar-refractivity contribution in [3.05, 3.63) is 11.6 Å². The van der Waals surface area contributed by atoms with E-state index in [-0.39, 0.29) is 5.09 Å². The molecule has 2 heterocycles. The van der Waals surface area contributed by atoms with E-state index >= 15 is 0 Å². The van der Waals surface area contributed by atoms with Gasteiger partial charge in [-0.2, -0.15) is 15.0 Å².